The van der Waals surface area contributed by atoms with E-state index in [1.165, 1.54) is 32.7 Å². The first-order chi connectivity index (χ1) is 8.38. The second-order valence-electron chi connectivity index (χ2n) is 4.95. The number of hydrogen-bond acceptors (Lipinski definition) is 4. The SMILES string of the molecule is CCNC(c1ccco1)C1CN2CCN1CC2. The van der Waals surface area contributed by atoms with Gasteiger partial charge >= 0.3 is 0 Å². The second-order valence-corrected chi connectivity index (χ2v) is 4.95. The van der Waals surface area contributed by atoms with E-state index in [0.717, 1.165) is 12.3 Å². The molecule has 3 fully saturated rings. The highest BCUT2D eigenvalue weighted by Gasteiger charge is 2.37. The Morgan fingerprint density at radius 2 is 2.24 bits per heavy atom. The zero-order chi connectivity index (χ0) is 11.7. The molecule has 4 rings (SSSR count). The van der Waals surface area contributed by atoms with E-state index >= 15 is 0 Å². The van der Waals surface area contributed by atoms with Crippen molar-refractivity contribution in [1.82, 2.24) is 15.1 Å². The second kappa shape index (κ2) is 4.80. The molecule has 94 valence electrons. The van der Waals surface area contributed by atoms with E-state index in [2.05, 4.69) is 28.1 Å². The number of furan rings is 1. The van der Waals surface area contributed by atoms with Crippen molar-refractivity contribution in [3.8, 4) is 0 Å². The normalized spacial score (nSPS) is 33.8. The Labute approximate surface area is 103 Å². The van der Waals surface area contributed by atoms with E-state index in [1.54, 1.807) is 6.26 Å². The van der Waals surface area contributed by atoms with Gasteiger partial charge in [-0.3, -0.25) is 9.80 Å². The van der Waals surface area contributed by atoms with E-state index in [1.807, 2.05) is 6.07 Å². The number of nitrogens with zero attached hydrogens (tertiary/aromatic N) is 2. The zero-order valence-electron chi connectivity index (χ0n) is 10.4. The van der Waals surface area contributed by atoms with E-state index in [-0.39, 0.29) is 0 Å². The Hall–Kier alpha value is -0.840. The number of hydrogen-bond donors (Lipinski definition) is 1. The molecule has 4 nitrogen and oxygen atoms in total. The van der Waals surface area contributed by atoms with Gasteiger partial charge in [-0.05, 0) is 18.7 Å². The van der Waals surface area contributed by atoms with Crippen LogP contribution in [0, 0.1) is 0 Å². The van der Waals surface area contributed by atoms with Gasteiger partial charge in [0.25, 0.3) is 0 Å². The van der Waals surface area contributed by atoms with Crippen molar-refractivity contribution >= 4 is 0 Å². The van der Waals surface area contributed by atoms with Gasteiger partial charge in [0, 0.05) is 38.8 Å². The van der Waals surface area contributed by atoms with E-state index in [9.17, 15) is 0 Å². The minimum Gasteiger partial charge on any atom is -0.468 e. The summed E-state index contributed by atoms with van der Waals surface area (Å²) in [7, 11) is 0. The summed E-state index contributed by atoms with van der Waals surface area (Å²) in [5, 5.41) is 3.58. The Balaban J connectivity index is 1.79. The van der Waals surface area contributed by atoms with Gasteiger partial charge in [-0.1, -0.05) is 6.92 Å². The molecule has 2 unspecified atom stereocenters. The Kier molecular flexibility index (Phi) is 3.18. The van der Waals surface area contributed by atoms with Gasteiger partial charge in [0.2, 0.25) is 0 Å². The molecule has 3 aliphatic rings. The molecule has 0 amide bonds. The summed E-state index contributed by atoms with van der Waals surface area (Å²) in [6.45, 7) is 9.17. The molecule has 17 heavy (non-hydrogen) atoms. The molecular formula is C13H21N3O. The van der Waals surface area contributed by atoms with Crippen LogP contribution in [0.2, 0.25) is 0 Å². The topological polar surface area (TPSA) is 31.7 Å². The predicted molar refractivity (Wildman–Crippen MR) is 66.9 cm³/mol. The first-order valence-corrected chi connectivity index (χ1v) is 6.61. The molecular weight excluding hydrogens is 214 g/mol. The lowest BCUT2D eigenvalue weighted by Crippen LogP contribution is -2.63. The zero-order valence-corrected chi connectivity index (χ0v) is 10.4. The number of likely N-dealkylation sites (N-methyl/N-ethyl adjacent to an activating group) is 1. The first kappa shape index (κ1) is 11.3. The third-order valence-corrected chi connectivity index (χ3v) is 3.98. The molecule has 4 heteroatoms. The van der Waals surface area contributed by atoms with Crippen LogP contribution < -0.4 is 5.32 Å². The van der Waals surface area contributed by atoms with Gasteiger partial charge < -0.3 is 9.73 Å². The van der Waals surface area contributed by atoms with Gasteiger partial charge in [-0.25, -0.2) is 0 Å². The third-order valence-electron chi connectivity index (χ3n) is 3.98. The van der Waals surface area contributed by atoms with E-state index in [0.29, 0.717) is 12.1 Å². The van der Waals surface area contributed by atoms with Crippen molar-refractivity contribution in [1.29, 1.82) is 0 Å². The molecule has 3 saturated heterocycles. The van der Waals surface area contributed by atoms with Crippen LogP contribution in [0.3, 0.4) is 0 Å². The smallest absolute Gasteiger partial charge is 0.122 e. The van der Waals surface area contributed by atoms with E-state index in [4.69, 9.17) is 4.42 Å². The summed E-state index contributed by atoms with van der Waals surface area (Å²) in [6.07, 6.45) is 1.77. The van der Waals surface area contributed by atoms with Gasteiger partial charge in [-0.15, -0.1) is 0 Å². The Bertz CT molecular complexity index is 344. The molecule has 0 aromatic carbocycles. The van der Waals surface area contributed by atoms with Gasteiger partial charge in [-0.2, -0.15) is 0 Å². The van der Waals surface area contributed by atoms with Crippen LogP contribution in [0.1, 0.15) is 18.7 Å². The van der Waals surface area contributed by atoms with Crippen molar-refractivity contribution in [3.05, 3.63) is 24.2 Å². The number of piperazine rings is 3. The summed E-state index contributed by atoms with van der Waals surface area (Å²) in [5.74, 6) is 1.07. The van der Waals surface area contributed by atoms with Crippen LogP contribution in [-0.2, 0) is 0 Å². The summed E-state index contributed by atoms with van der Waals surface area (Å²) in [4.78, 5) is 5.17. The molecule has 0 saturated carbocycles. The summed E-state index contributed by atoms with van der Waals surface area (Å²) >= 11 is 0. The van der Waals surface area contributed by atoms with Crippen LogP contribution in [0.15, 0.2) is 22.8 Å². The lowest BCUT2D eigenvalue weighted by Gasteiger charge is -2.49. The minimum absolute atomic E-state index is 0.332. The molecule has 1 N–H and O–H groups in total. The van der Waals surface area contributed by atoms with Crippen LogP contribution in [-0.4, -0.2) is 55.1 Å². The van der Waals surface area contributed by atoms with Crippen LogP contribution in [0.5, 0.6) is 0 Å². The van der Waals surface area contributed by atoms with Crippen molar-refractivity contribution < 1.29 is 4.42 Å². The highest BCUT2D eigenvalue weighted by atomic mass is 16.3. The molecule has 0 aliphatic carbocycles. The molecule has 2 atom stereocenters. The van der Waals surface area contributed by atoms with Crippen LogP contribution in [0.4, 0.5) is 0 Å². The fraction of sp³-hybridized carbons (Fsp3) is 0.692. The van der Waals surface area contributed by atoms with Crippen molar-refractivity contribution in [2.45, 2.75) is 19.0 Å². The standard InChI is InChI=1S/C13H21N3O/c1-2-14-13(12-4-3-9-17-12)11-10-15-5-7-16(11)8-6-15/h3-4,9,11,13-14H,2,5-8,10H2,1H3. The maximum absolute atomic E-state index is 5.60. The first-order valence-electron chi connectivity index (χ1n) is 6.61. The van der Waals surface area contributed by atoms with Gasteiger partial charge in [0.15, 0.2) is 0 Å². The maximum Gasteiger partial charge on any atom is 0.122 e. The van der Waals surface area contributed by atoms with E-state index < -0.39 is 0 Å². The highest BCUT2D eigenvalue weighted by molar-refractivity contribution is 5.10. The third kappa shape index (κ3) is 2.12. The van der Waals surface area contributed by atoms with Crippen molar-refractivity contribution in [3.63, 3.8) is 0 Å². The molecule has 0 spiro atoms. The lowest BCUT2D eigenvalue weighted by molar-refractivity contribution is -0.00662. The van der Waals surface area contributed by atoms with Crippen LogP contribution in [0.25, 0.3) is 0 Å². The summed E-state index contributed by atoms with van der Waals surface area (Å²) in [5.41, 5.74) is 0. The van der Waals surface area contributed by atoms with Gasteiger partial charge in [0.1, 0.15) is 5.76 Å². The molecule has 3 aliphatic heterocycles. The summed E-state index contributed by atoms with van der Waals surface area (Å²) in [6, 6.07) is 4.96. The highest BCUT2D eigenvalue weighted by Crippen LogP contribution is 2.27. The number of nitrogens with one attached hydrogen (secondary N) is 1. The fourth-order valence-corrected chi connectivity index (χ4v) is 3.09. The largest absolute Gasteiger partial charge is 0.468 e. The molecule has 0 radical (unpaired) electrons. The molecule has 2 bridgehead atoms. The van der Waals surface area contributed by atoms with Crippen molar-refractivity contribution in [2.75, 3.05) is 39.3 Å². The average Bonchev–Trinajstić information content (AvgIpc) is 2.91. The number of rotatable bonds is 4. The Morgan fingerprint density at radius 3 is 2.76 bits per heavy atom. The average molecular weight is 235 g/mol. The predicted octanol–water partition coefficient (Wildman–Crippen LogP) is 0.930. The minimum atomic E-state index is 0.332. The fourth-order valence-electron chi connectivity index (χ4n) is 3.09. The molecule has 1 aromatic rings. The number of fused-ring (bicyclic) bond motifs is 3. The quantitative estimate of drug-likeness (QED) is 0.841. The Morgan fingerprint density at radius 1 is 1.41 bits per heavy atom. The molecule has 4 heterocycles. The molecule has 1 aromatic heterocycles. The maximum atomic E-state index is 5.60. The van der Waals surface area contributed by atoms with Crippen molar-refractivity contribution in [2.24, 2.45) is 0 Å². The van der Waals surface area contributed by atoms with Crippen LogP contribution >= 0.6 is 0 Å². The summed E-state index contributed by atoms with van der Waals surface area (Å²) < 4.78 is 5.60. The van der Waals surface area contributed by atoms with Gasteiger partial charge in [0.05, 0.1) is 12.3 Å². The lowest BCUT2D eigenvalue weighted by atomic mass is 9.98. The monoisotopic (exact) mass is 235 g/mol.